The first kappa shape index (κ1) is 9.49. The Bertz CT molecular complexity index is 273. The molecule has 84 valence electrons. The summed E-state index contributed by atoms with van der Waals surface area (Å²) in [7, 11) is 1.46. The highest BCUT2D eigenvalue weighted by Gasteiger charge is 2.58. The maximum absolute atomic E-state index is 11.4. The average molecular weight is 209 g/mol. The Balaban J connectivity index is 1.83. The second-order valence-corrected chi connectivity index (χ2v) is 5.47. The molecule has 1 N–H and O–H groups in total. The minimum absolute atomic E-state index is 0.110. The Hall–Kier alpha value is -0.730. The van der Waals surface area contributed by atoms with Gasteiger partial charge in [-0.25, -0.2) is 4.79 Å². The zero-order chi connectivity index (χ0) is 10.5. The van der Waals surface area contributed by atoms with Gasteiger partial charge in [-0.05, 0) is 56.3 Å². The summed E-state index contributed by atoms with van der Waals surface area (Å²) < 4.78 is 4.76. The fourth-order valence-electron chi connectivity index (χ4n) is 4.53. The van der Waals surface area contributed by atoms with E-state index >= 15 is 0 Å². The van der Waals surface area contributed by atoms with Gasteiger partial charge in [-0.2, -0.15) is 0 Å². The van der Waals surface area contributed by atoms with Crippen molar-refractivity contribution >= 4 is 6.09 Å². The van der Waals surface area contributed by atoms with E-state index in [0.29, 0.717) is 0 Å². The first-order valence-electron chi connectivity index (χ1n) is 6.11. The zero-order valence-electron chi connectivity index (χ0n) is 9.29. The van der Waals surface area contributed by atoms with Crippen molar-refractivity contribution in [2.45, 2.75) is 44.1 Å². The molecular weight excluding hydrogens is 190 g/mol. The van der Waals surface area contributed by atoms with Gasteiger partial charge in [-0.1, -0.05) is 0 Å². The van der Waals surface area contributed by atoms with Crippen molar-refractivity contribution in [3.63, 3.8) is 0 Å². The van der Waals surface area contributed by atoms with E-state index in [9.17, 15) is 4.79 Å². The van der Waals surface area contributed by atoms with Crippen molar-refractivity contribution in [3.05, 3.63) is 0 Å². The summed E-state index contributed by atoms with van der Waals surface area (Å²) in [6.45, 7) is 0. The van der Waals surface area contributed by atoms with Crippen molar-refractivity contribution < 1.29 is 9.53 Å². The lowest BCUT2D eigenvalue weighted by molar-refractivity contribution is 0.146. The number of alkyl carbamates (subject to hydrolysis) is 1. The molecule has 0 spiro atoms. The molecule has 3 aliphatic rings. The fraction of sp³-hybridized carbons (Fsp3) is 0.917. The summed E-state index contributed by atoms with van der Waals surface area (Å²) in [5.74, 6) is 2.53. The van der Waals surface area contributed by atoms with E-state index in [-0.39, 0.29) is 11.6 Å². The Morgan fingerprint density at radius 1 is 1.20 bits per heavy atom. The molecule has 3 aliphatic carbocycles. The van der Waals surface area contributed by atoms with Crippen LogP contribution in [0.15, 0.2) is 0 Å². The molecule has 0 aromatic rings. The Labute approximate surface area is 90.6 Å². The minimum Gasteiger partial charge on any atom is -0.453 e. The van der Waals surface area contributed by atoms with E-state index in [1.807, 2.05) is 0 Å². The highest BCUT2D eigenvalue weighted by atomic mass is 16.5. The average Bonchev–Trinajstić information content (AvgIpc) is 2.84. The summed E-state index contributed by atoms with van der Waals surface area (Å²) in [5, 5.41) is 3.14. The van der Waals surface area contributed by atoms with E-state index in [1.54, 1.807) is 0 Å². The summed E-state index contributed by atoms with van der Waals surface area (Å²) in [4.78, 5) is 11.4. The third-order valence-corrected chi connectivity index (χ3v) is 5.02. The minimum atomic E-state index is -0.233. The Kier molecular flexibility index (Phi) is 1.98. The SMILES string of the molecule is COC(=O)NC12CCC3CCC(CC1)C32. The summed E-state index contributed by atoms with van der Waals surface area (Å²) in [6.07, 6.45) is 7.51. The molecule has 3 rings (SSSR count). The van der Waals surface area contributed by atoms with Crippen LogP contribution in [0.3, 0.4) is 0 Å². The number of methoxy groups -OCH3 is 1. The molecule has 1 amide bonds. The molecule has 0 aromatic heterocycles. The highest BCUT2D eigenvalue weighted by Crippen LogP contribution is 2.60. The van der Waals surface area contributed by atoms with Gasteiger partial charge < -0.3 is 10.1 Å². The first-order valence-corrected chi connectivity index (χ1v) is 6.11. The molecule has 0 aromatic carbocycles. The molecule has 3 heteroatoms. The fourth-order valence-corrected chi connectivity index (χ4v) is 4.53. The standard InChI is InChI=1S/C12H19NO2/c1-15-11(14)13-12-6-4-8-2-3-9(5-7-12)10(8)12/h8-10H,2-7H2,1H3,(H,13,14). The monoisotopic (exact) mass is 209 g/mol. The molecular formula is C12H19NO2. The molecule has 3 fully saturated rings. The van der Waals surface area contributed by atoms with Crippen molar-refractivity contribution in [1.29, 1.82) is 0 Å². The van der Waals surface area contributed by atoms with Gasteiger partial charge in [-0.15, -0.1) is 0 Å². The topological polar surface area (TPSA) is 38.3 Å². The lowest BCUT2D eigenvalue weighted by atomic mass is 9.86. The van der Waals surface area contributed by atoms with Crippen molar-refractivity contribution in [1.82, 2.24) is 5.32 Å². The molecule has 15 heavy (non-hydrogen) atoms. The van der Waals surface area contributed by atoms with E-state index < -0.39 is 0 Å². The zero-order valence-corrected chi connectivity index (χ0v) is 9.29. The predicted octanol–water partition coefficient (Wildman–Crippen LogP) is 2.31. The van der Waals surface area contributed by atoms with E-state index in [4.69, 9.17) is 4.74 Å². The molecule has 2 unspecified atom stereocenters. The van der Waals surface area contributed by atoms with Gasteiger partial charge in [0.25, 0.3) is 0 Å². The van der Waals surface area contributed by atoms with Gasteiger partial charge in [0.15, 0.2) is 0 Å². The summed E-state index contributed by atoms with van der Waals surface area (Å²) >= 11 is 0. The van der Waals surface area contributed by atoms with Crippen LogP contribution in [-0.2, 0) is 4.74 Å². The predicted molar refractivity (Wildman–Crippen MR) is 56.4 cm³/mol. The largest absolute Gasteiger partial charge is 0.453 e. The molecule has 3 nitrogen and oxygen atoms in total. The number of amides is 1. The quantitative estimate of drug-likeness (QED) is 0.719. The van der Waals surface area contributed by atoms with Crippen LogP contribution in [0.2, 0.25) is 0 Å². The lowest BCUT2D eigenvalue weighted by Gasteiger charge is -2.31. The number of carbonyl (C=O) groups excluding carboxylic acids is 1. The van der Waals surface area contributed by atoms with Crippen LogP contribution in [0.5, 0.6) is 0 Å². The lowest BCUT2D eigenvalue weighted by Crippen LogP contribution is -2.49. The van der Waals surface area contributed by atoms with Crippen molar-refractivity contribution in [2.24, 2.45) is 17.8 Å². The van der Waals surface area contributed by atoms with Gasteiger partial charge in [0, 0.05) is 5.54 Å². The number of rotatable bonds is 1. The number of hydrogen-bond acceptors (Lipinski definition) is 2. The number of ether oxygens (including phenoxy) is 1. The van der Waals surface area contributed by atoms with E-state index in [2.05, 4.69) is 5.32 Å². The summed E-state index contributed by atoms with van der Waals surface area (Å²) in [5.41, 5.74) is 0.110. The van der Waals surface area contributed by atoms with Crippen LogP contribution >= 0.6 is 0 Å². The Morgan fingerprint density at radius 3 is 2.33 bits per heavy atom. The maximum Gasteiger partial charge on any atom is 0.407 e. The number of carbonyl (C=O) groups is 1. The van der Waals surface area contributed by atoms with Gasteiger partial charge in [0.2, 0.25) is 0 Å². The van der Waals surface area contributed by atoms with Crippen LogP contribution < -0.4 is 5.32 Å². The van der Waals surface area contributed by atoms with Crippen LogP contribution in [0.4, 0.5) is 4.79 Å². The van der Waals surface area contributed by atoms with Gasteiger partial charge in [0.05, 0.1) is 7.11 Å². The second kappa shape index (κ2) is 3.13. The van der Waals surface area contributed by atoms with Crippen LogP contribution in [0.1, 0.15) is 38.5 Å². The molecule has 0 aliphatic heterocycles. The third-order valence-electron chi connectivity index (χ3n) is 5.02. The third kappa shape index (κ3) is 1.21. The van der Waals surface area contributed by atoms with Crippen LogP contribution in [-0.4, -0.2) is 18.7 Å². The first-order chi connectivity index (χ1) is 7.25. The molecule has 0 radical (unpaired) electrons. The van der Waals surface area contributed by atoms with Crippen LogP contribution in [0, 0.1) is 17.8 Å². The van der Waals surface area contributed by atoms with Gasteiger partial charge >= 0.3 is 6.09 Å². The summed E-state index contributed by atoms with van der Waals surface area (Å²) in [6, 6.07) is 0. The number of nitrogens with one attached hydrogen (secondary N) is 1. The molecule has 0 bridgehead atoms. The van der Waals surface area contributed by atoms with Crippen molar-refractivity contribution in [3.8, 4) is 0 Å². The number of hydrogen-bond donors (Lipinski definition) is 1. The molecule has 3 saturated carbocycles. The van der Waals surface area contributed by atoms with Gasteiger partial charge in [0.1, 0.15) is 0 Å². The van der Waals surface area contributed by atoms with Crippen LogP contribution in [0.25, 0.3) is 0 Å². The normalized spacial score (nSPS) is 46.6. The maximum atomic E-state index is 11.4. The van der Waals surface area contributed by atoms with E-state index in [0.717, 1.165) is 17.8 Å². The molecule has 0 saturated heterocycles. The van der Waals surface area contributed by atoms with Gasteiger partial charge in [-0.3, -0.25) is 0 Å². The smallest absolute Gasteiger partial charge is 0.407 e. The molecule has 2 atom stereocenters. The van der Waals surface area contributed by atoms with Crippen molar-refractivity contribution in [2.75, 3.05) is 7.11 Å². The highest BCUT2D eigenvalue weighted by molar-refractivity contribution is 5.68. The Morgan fingerprint density at radius 2 is 1.80 bits per heavy atom. The van der Waals surface area contributed by atoms with E-state index in [1.165, 1.54) is 45.6 Å². The molecule has 0 heterocycles. The second-order valence-electron chi connectivity index (χ2n) is 5.47.